The summed E-state index contributed by atoms with van der Waals surface area (Å²) in [6.45, 7) is 1.96. The molecule has 0 saturated heterocycles. The number of carbonyl (C=O) groups is 1. The van der Waals surface area contributed by atoms with E-state index in [1.807, 2.05) is 0 Å². The minimum atomic E-state index is -5.09. The summed E-state index contributed by atoms with van der Waals surface area (Å²) in [5.41, 5.74) is -3.37. The first kappa shape index (κ1) is 41.6. The maximum atomic E-state index is 15.5. The van der Waals surface area contributed by atoms with Crippen molar-refractivity contribution in [2.45, 2.75) is 62.9 Å². The number of carbonyl (C=O) groups excluding carboxylic acids is 1. The number of nitrogens with one attached hydrogen (secondary N) is 2. The van der Waals surface area contributed by atoms with Gasteiger partial charge in [-0.05, 0) is 62.4 Å². The Balaban J connectivity index is 1.30. The van der Waals surface area contributed by atoms with Crippen LogP contribution < -0.4 is 10.0 Å². The standard InChI is InChI=1S/C38H32ClF7N8O4S2/c1-36(2,56)35-47-14-26(59-35)24-8-6-19(20-5-7-23(39)29-31(20)53(3)51-34(29)52-60(4,57)58)30(49-24)25(11-16-9-17(40)12-18(41)10-16)48-27(55)15-54-33-28(32(50-54)38(44,45)46)21-13-22(21)37(33,42)43/h5-10,12,14,21-22,25,56H,11,13,15H2,1-4H3,(H,48,55)(H,51,52)/t21-,22+,25-/m0/s1. The number of rotatable bonds is 11. The zero-order valence-corrected chi connectivity index (χ0v) is 34.1. The lowest BCUT2D eigenvalue weighted by atomic mass is 9.93. The van der Waals surface area contributed by atoms with Crippen molar-refractivity contribution in [3.05, 3.63) is 98.5 Å². The molecular formula is C38H32ClF7N8O4S2. The fourth-order valence-electron chi connectivity index (χ4n) is 7.77. The molecule has 60 heavy (non-hydrogen) atoms. The van der Waals surface area contributed by atoms with Gasteiger partial charge in [0.2, 0.25) is 15.9 Å². The third kappa shape index (κ3) is 7.60. The van der Waals surface area contributed by atoms with E-state index in [0.717, 1.165) is 29.7 Å². The van der Waals surface area contributed by atoms with E-state index in [2.05, 4.69) is 25.2 Å². The molecule has 2 aliphatic carbocycles. The molecule has 6 aromatic rings. The van der Waals surface area contributed by atoms with Gasteiger partial charge in [-0.3, -0.25) is 18.9 Å². The minimum Gasteiger partial charge on any atom is -0.383 e. The summed E-state index contributed by atoms with van der Waals surface area (Å²) in [5, 5.41) is 21.7. The molecule has 22 heteroatoms. The van der Waals surface area contributed by atoms with E-state index in [-0.39, 0.29) is 50.7 Å². The first-order valence-corrected chi connectivity index (χ1v) is 21.1. The van der Waals surface area contributed by atoms with Gasteiger partial charge in [0.15, 0.2) is 11.5 Å². The molecule has 0 radical (unpaired) electrons. The average Bonchev–Trinajstić information content (AvgIpc) is 3.36. The van der Waals surface area contributed by atoms with Crippen molar-refractivity contribution in [2.75, 3.05) is 11.0 Å². The Morgan fingerprint density at radius 1 is 1.08 bits per heavy atom. The van der Waals surface area contributed by atoms with Crippen molar-refractivity contribution < 1.29 is 49.1 Å². The van der Waals surface area contributed by atoms with E-state index < -0.39 is 93.1 Å². The number of amides is 1. The number of nitrogens with zero attached hydrogens (tertiary/aromatic N) is 6. The molecular weight excluding hydrogens is 865 g/mol. The summed E-state index contributed by atoms with van der Waals surface area (Å²) in [6, 6.07) is 7.44. The third-order valence-electron chi connectivity index (χ3n) is 10.2. The van der Waals surface area contributed by atoms with E-state index >= 15 is 8.78 Å². The number of pyridine rings is 1. The molecule has 1 amide bonds. The zero-order chi connectivity index (χ0) is 43.4. The van der Waals surface area contributed by atoms with Gasteiger partial charge < -0.3 is 10.4 Å². The number of halogens is 8. The molecule has 0 bridgehead atoms. The molecule has 4 heterocycles. The Morgan fingerprint density at radius 3 is 2.40 bits per heavy atom. The van der Waals surface area contributed by atoms with Crippen LogP contribution in [0.4, 0.5) is 36.6 Å². The molecule has 316 valence electrons. The van der Waals surface area contributed by atoms with Crippen LogP contribution in [0.3, 0.4) is 0 Å². The summed E-state index contributed by atoms with van der Waals surface area (Å²) in [6.07, 6.45) is -3.27. The Morgan fingerprint density at radius 2 is 1.77 bits per heavy atom. The van der Waals surface area contributed by atoms with Gasteiger partial charge in [-0.25, -0.2) is 27.2 Å². The van der Waals surface area contributed by atoms with Crippen molar-refractivity contribution in [2.24, 2.45) is 13.0 Å². The number of hydrogen-bond donors (Lipinski definition) is 3. The molecule has 3 atom stereocenters. The summed E-state index contributed by atoms with van der Waals surface area (Å²) < 4.78 is 131. The van der Waals surface area contributed by atoms with Crippen molar-refractivity contribution in [1.29, 1.82) is 0 Å². The zero-order valence-electron chi connectivity index (χ0n) is 31.7. The highest BCUT2D eigenvalue weighted by Gasteiger charge is 2.68. The molecule has 0 unspecified atom stereocenters. The Hall–Kier alpha value is -5.12. The van der Waals surface area contributed by atoms with Gasteiger partial charge in [-0.15, -0.1) is 11.3 Å². The van der Waals surface area contributed by atoms with Crippen molar-refractivity contribution >= 4 is 55.6 Å². The number of hydrogen-bond acceptors (Lipinski definition) is 9. The SMILES string of the molecule is Cn1nc(NS(C)(=O)=O)c2c(Cl)ccc(-c3ccc(-c4cnc(C(C)(C)O)s4)nc3[C@H](Cc3cc(F)cc(F)c3)NC(=O)Cn3nc(C(F)(F)F)c4c3C(F)(F)[C@@H]3C[C@H]43)c21. The predicted molar refractivity (Wildman–Crippen MR) is 207 cm³/mol. The van der Waals surface area contributed by atoms with Crippen LogP contribution in [0.5, 0.6) is 0 Å². The molecule has 2 aromatic carbocycles. The highest BCUT2D eigenvalue weighted by Crippen LogP contribution is 2.68. The van der Waals surface area contributed by atoms with E-state index in [1.165, 1.54) is 37.8 Å². The second-order valence-corrected chi connectivity index (χ2v) is 18.5. The number of anilines is 1. The van der Waals surface area contributed by atoms with Crippen LogP contribution in [0.2, 0.25) is 5.02 Å². The van der Waals surface area contributed by atoms with Crippen molar-refractivity contribution in [1.82, 2.24) is 34.8 Å². The van der Waals surface area contributed by atoms with E-state index in [4.69, 9.17) is 16.6 Å². The van der Waals surface area contributed by atoms with Gasteiger partial charge in [0.05, 0.1) is 44.5 Å². The third-order valence-corrected chi connectivity index (χ3v) is 12.4. The van der Waals surface area contributed by atoms with Crippen molar-refractivity contribution in [3.63, 3.8) is 0 Å². The molecule has 1 fully saturated rings. The van der Waals surface area contributed by atoms with Gasteiger partial charge >= 0.3 is 6.18 Å². The van der Waals surface area contributed by atoms with Gasteiger partial charge in [0.25, 0.3) is 5.92 Å². The molecule has 3 N–H and O–H groups in total. The van der Waals surface area contributed by atoms with Crippen LogP contribution >= 0.6 is 22.9 Å². The molecule has 8 rings (SSSR count). The van der Waals surface area contributed by atoms with Crippen LogP contribution in [-0.4, -0.2) is 55.2 Å². The average molecular weight is 897 g/mol. The molecule has 12 nitrogen and oxygen atoms in total. The number of alkyl halides is 5. The maximum absolute atomic E-state index is 15.5. The Labute approximate surface area is 345 Å². The van der Waals surface area contributed by atoms with Gasteiger partial charge in [0, 0.05) is 41.9 Å². The first-order valence-electron chi connectivity index (χ1n) is 18.0. The van der Waals surface area contributed by atoms with Crippen LogP contribution in [0.1, 0.15) is 65.4 Å². The van der Waals surface area contributed by atoms with Crippen LogP contribution in [0.15, 0.2) is 48.7 Å². The van der Waals surface area contributed by atoms with Gasteiger partial charge in [-0.1, -0.05) is 23.7 Å². The number of aliphatic hydroxyl groups is 1. The molecule has 2 aliphatic rings. The molecule has 4 aromatic heterocycles. The summed E-state index contributed by atoms with van der Waals surface area (Å²) >= 11 is 7.70. The smallest absolute Gasteiger partial charge is 0.383 e. The van der Waals surface area contributed by atoms with Gasteiger partial charge in [0.1, 0.15) is 34.5 Å². The number of aromatic nitrogens is 6. The van der Waals surface area contributed by atoms with E-state index in [0.29, 0.717) is 26.2 Å². The summed E-state index contributed by atoms with van der Waals surface area (Å²) in [4.78, 5) is 23.7. The number of fused-ring (bicyclic) bond motifs is 4. The fraction of sp³-hybridized carbons (Fsp3) is 0.342. The summed E-state index contributed by atoms with van der Waals surface area (Å²) in [5.74, 6) is -9.24. The van der Waals surface area contributed by atoms with E-state index in [1.54, 1.807) is 18.2 Å². The topological polar surface area (TPSA) is 157 Å². The lowest BCUT2D eigenvalue weighted by Crippen LogP contribution is -2.35. The second-order valence-electron chi connectivity index (χ2n) is 15.3. The lowest BCUT2D eigenvalue weighted by molar-refractivity contribution is -0.142. The Kier molecular flexibility index (Phi) is 9.87. The van der Waals surface area contributed by atoms with Crippen LogP contribution in [0.25, 0.3) is 32.6 Å². The van der Waals surface area contributed by atoms with Gasteiger partial charge in [-0.2, -0.15) is 32.1 Å². The second kappa shape index (κ2) is 14.2. The normalized spacial score (nSPS) is 17.8. The number of aryl methyl sites for hydroxylation is 1. The lowest BCUT2D eigenvalue weighted by Gasteiger charge is -2.23. The monoisotopic (exact) mass is 896 g/mol. The number of thiazole rings is 1. The highest BCUT2D eigenvalue weighted by molar-refractivity contribution is 7.92. The fourth-order valence-corrected chi connectivity index (χ4v) is 9.40. The Bertz CT molecular complexity index is 2830. The minimum absolute atomic E-state index is 0.00504. The molecule has 0 spiro atoms. The van der Waals surface area contributed by atoms with Crippen molar-refractivity contribution in [3.8, 4) is 21.7 Å². The maximum Gasteiger partial charge on any atom is 0.435 e. The number of sulfonamides is 1. The number of benzene rings is 2. The largest absolute Gasteiger partial charge is 0.435 e. The molecule has 0 aliphatic heterocycles. The summed E-state index contributed by atoms with van der Waals surface area (Å²) in [7, 11) is -2.35. The highest BCUT2D eigenvalue weighted by atomic mass is 35.5. The van der Waals surface area contributed by atoms with E-state index in [9.17, 15) is 40.3 Å². The first-order chi connectivity index (χ1) is 27.9. The van der Waals surface area contributed by atoms with Crippen LogP contribution in [-0.2, 0) is 52.5 Å². The quantitative estimate of drug-likeness (QED) is 0.111. The predicted octanol–water partition coefficient (Wildman–Crippen LogP) is 7.81. The van der Waals surface area contributed by atoms with Crippen LogP contribution in [0, 0.1) is 17.6 Å². The molecule has 1 saturated carbocycles.